The topological polar surface area (TPSA) is 86.8 Å². The van der Waals surface area contributed by atoms with Crippen molar-refractivity contribution in [3.05, 3.63) is 12.8 Å². The Labute approximate surface area is 52.0 Å². The zero-order valence-corrected chi connectivity index (χ0v) is 4.69. The SMILES string of the molecule is C=CN(C(N)=O)C(O)O. The van der Waals surface area contributed by atoms with Crippen LogP contribution < -0.4 is 5.73 Å². The number of aliphatic hydroxyl groups excluding tert-OH is 1. The number of carbonyl (C=O) groups is 1. The van der Waals surface area contributed by atoms with Gasteiger partial charge in [0.2, 0.25) is 6.41 Å². The van der Waals surface area contributed by atoms with Crippen LogP contribution in [0.15, 0.2) is 12.8 Å². The molecule has 0 radical (unpaired) electrons. The van der Waals surface area contributed by atoms with Gasteiger partial charge in [0.1, 0.15) is 0 Å². The van der Waals surface area contributed by atoms with Gasteiger partial charge in [-0.25, -0.2) is 4.79 Å². The Kier molecular flexibility index (Phi) is 2.69. The van der Waals surface area contributed by atoms with Gasteiger partial charge in [-0.2, -0.15) is 0 Å². The summed E-state index contributed by atoms with van der Waals surface area (Å²) in [6.07, 6.45) is -0.979. The molecule has 0 aromatic rings. The Balaban J connectivity index is 3.98. The predicted octanol–water partition coefficient (Wildman–Crippen LogP) is -1.22. The van der Waals surface area contributed by atoms with Gasteiger partial charge in [-0.1, -0.05) is 6.58 Å². The van der Waals surface area contributed by atoms with Crippen molar-refractivity contribution in [2.75, 3.05) is 0 Å². The molecule has 52 valence electrons. The van der Waals surface area contributed by atoms with Gasteiger partial charge in [-0.3, -0.25) is 4.90 Å². The highest BCUT2D eigenvalue weighted by atomic mass is 16.5. The second-order valence-corrected chi connectivity index (χ2v) is 1.27. The molecule has 0 unspecified atom stereocenters. The summed E-state index contributed by atoms with van der Waals surface area (Å²) in [7, 11) is 0. The molecule has 0 aromatic carbocycles. The molecule has 5 nitrogen and oxygen atoms in total. The summed E-state index contributed by atoms with van der Waals surface area (Å²) in [4.78, 5) is 10.6. The van der Waals surface area contributed by atoms with Crippen molar-refractivity contribution >= 4 is 6.03 Å². The van der Waals surface area contributed by atoms with Gasteiger partial charge >= 0.3 is 6.03 Å². The molecule has 0 spiro atoms. The van der Waals surface area contributed by atoms with Crippen LogP contribution in [0.2, 0.25) is 0 Å². The first-order valence-corrected chi connectivity index (χ1v) is 2.16. The van der Waals surface area contributed by atoms with Crippen LogP contribution in [0, 0.1) is 0 Å². The highest BCUT2D eigenvalue weighted by molar-refractivity contribution is 5.72. The summed E-state index contributed by atoms with van der Waals surface area (Å²) in [5, 5.41) is 16.6. The van der Waals surface area contributed by atoms with E-state index in [9.17, 15) is 4.79 Å². The molecule has 5 heteroatoms. The molecule has 0 aliphatic rings. The standard InChI is InChI=1S/C4H8N2O3/c1-2-6(3(5)7)4(8)9/h2,4,8-9H,1H2,(H2,5,7). The lowest BCUT2D eigenvalue weighted by molar-refractivity contribution is -0.113. The molecule has 0 aliphatic heterocycles. The van der Waals surface area contributed by atoms with Crippen LogP contribution in [0.1, 0.15) is 0 Å². The lowest BCUT2D eigenvalue weighted by Gasteiger charge is -2.15. The van der Waals surface area contributed by atoms with Crippen LogP contribution in [-0.2, 0) is 0 Å². The third kappa shape index (κ3) is 2.11. The van der Waals surface area contributed by atoms with E-state index in [1.807, 2.05) is 0 Å². The molecule has 0 saturated carbocycles. The zero-order chi connectivity index (χ0) is 7.44. The van der Waals surface area contributed by atoms with E-state index in [0.717, 1.165) is 6.20 Å². The van der Waals surface area contributed by atoms with Crippen LogP contribution in [-0.4, -0.2) is 27.6 Å². The highest BCUT2D eigenvalue weighted by Crippen LogP contribution is 1.90. The van der Waals surface area contributed by atoms with E-state index in [0.29, 0.717) is 4.90 Å². The molecular weight excluding hydrogens is 124 g/mol. The number of rotatable bonds is 2. The lowest BCUT2D eigenvalue weighted by atomic mass is 10.7. The van der Waals surface area contributed by atoms with Crippen molar-refractivity contribution in [1.82, 2.24) is 4.90 Å². The van der Waals surface area contributed by atoms with Gasteiger partial charge in [-0.05, 0) is 0 Å². The van der Waals surface area contributed by atoms with Gasteiger partial charge < -0.3 is 15.9 Å². The van der Waals surface area contributed by atoms with E-state index >= 15 is 0 Å². The van der Waals surface area contributed by atoms with Crippen molar-refractivity contribution in [2.24, 2.45) is 5.73 Å². The van der Waals surface area contributed by atoms with E-state index in [2.05, 4.69) is 12.3 Å². The van der Waals surface area contributed by atoms with Crippen LogP contribution in [0.3, 0.4) is 0 Å². The number of carbonyl (C=O) groups excluding carboxylic acids is 1. The molecule has 4 N–H and O–H groups in total. The van der Waals surface area contributed by atoms with Crippen molar-refractivity contribution < 1.29 is 15.0 Å². The van der Waals surface area contributed by atoms with E-state index in [-0.39, 0.29) is 0 Å². The minimum atomic E-state index is -1.90. The fraction of sp³-hybridized carbons (Fsp3) is 0.250. The average Bonchev–Trinajstić information content (AvgIpc) is 1.64. The molecule has 0 aliphatic carbocycles. The molecule has 2 amide bonds. The molecule has 0 saturated heterocycles. The molecule has 0 aromatic heterocycles. The summed E-state index contributed by atoms with van der Waals surface area (Å²) >= 11 is 0. The Morgan fingerprint density at radius 3 is 2.22 bits per heavy atom. The minimum absolute atomic E-state index is 0.472. The summed E-state index contributed by atoms with van der Waals surface area (Å²) in [5.74, 6) is 0. The fourth-order valence-electron chi connectivity index (χ4n) is 0.298. The maximum atomic E-state index is 10.1. The molecule has 9 heavy (non-hydrogen) atoms. The first-order valence-electron chi connectivity index (χ1n) is 2.16. The van der Waals surface area contributed by atoms with Crippen LogP contribution >= 0.6 is 0 Å². The second kappa shape index (κ2) is 3.06. The molecule has 0 atom stereocenters. The third-order valence-electron chi connectivity index (χ3n) is 0.700. The number of aliphatic hydroxyl groups is 2. The summed E-state index contributed by atoms with van der Waals surface area (Å²) in [6, 6.07) is -0.958. The van der Waals surface area contributed by atoms with Gasteiger partial charge in [0.15, 0.2) is 0 Å². The summed E-state index contributed by atoms with van der Waals surface area (Å²) in [6.45, 7) is 3.11. The lowest BCUT2D eigenvalue weighted by Crippen LogP contribution is -2.39. The molecular formula is C4H8N2O3. The quantitative estimate of drug-likeness (QED) is 0.411. The van der Waals surface area contributed by atoms with E-state index in [1.54, 1.807) is 0 Å². The smallest absolute Gasteiger partial charge is 0.322 e. The first kappa shape index (κ1) is 7.93. The molecule has 0 heterocycles. The Morgan fingerprint density at radius 1 is 1.78 bits per heavy atom. The summed E-state index contributed by atoms with van der Waals surface area (Å²) < 4.78 is 0. The largest absolute Gasteiger partial charge is 0.351 e. The van der Waals surface area contributed by atoms with Gasteiger partial charge in [0.05, 0.1) is 0 Å². The Hall–Kier alpha value is -1.07. The number of nitrogens with zero attached hydrogens (tertiary/aromatic N) is 1. The number of hydrogen-bond donors (Lipinski definition) is 3. The predicted molar refractivity (Wildman–Crippen MR) is 29.8 cm³/mol. The van der Waals surface area contributed by atoms with Crippen molar-refractivity contribution in [2.45, 2.75) is 6.41 Å². The minimum Gasteiger partial charge on any atom is -0.351 e. The van der Waals surface area contributed by atoms with Crippen LogP contribution in [0.4, 0.5) is 4.79 Å². The molecule has 0 rings (SSSR count). The number of amides is 2. The Bertz CT molecular complexity index is 123. The third-order valence-corrected chi connectivity index (χ3v) is 0.700. The van der Waals surface area contributed by atoms with E-state index in [4.69, 9.17) is 10.2 Å². The van der Waals surface area contributed by atoms with Gasteiger partial charge in [-0.15, -0.1) is 0 Å². The van der Waals surface area contributed by atoms with Crippen molar-refractivity contribution in [1.29, 1.82) is 0 Å². The molecule has 0 bridgehead atoms. The highest BCUT2D eigenvalue weighted by Gasteiger charge is 2.11. The number of hydrogen-bond acceptors (Lipinski definition) is 3. The summed E-state index contributed by atoms with van der Waals surface area (Å²) in [5.41, 5.74) is 4.64. The van der Waals surface area contributed by atoms with E-state index < -0.39 is 12.4 Å². The number of primary amides is 1. The van der Waals surface area contributed by atoms with Gasteiger partial charge in [0.25, 0.3) is 0 Å². The molecule has 0 fully saturated rings. The van der Waals surface area contributed by atoms with Gasteiger partial charge in [0, 0.05) is 6.20 Å². The van der Waals surface area contributed by atoms with Crippen molar-refractivity contribution in [3.63, 3.8) is 0 Å². The Morgan fingerprint density at radius 2 is 2.22 bits per heavy atom. The average molecular weight is 132 g/mol. The zero-order valence-electron chi connectivity index (χ0n) is 4.69. The monoisotopic (exact) mass is 132 g/mol. The van der Waals surface area contributed by atoms with Crippen molar-refractivity contribution in [3.8, 4) is 0 Å². The van der Waals surface area contributed by atoms with E-state index in [1.165, 1.54) is 0 Å². The maximum Gasteiger partial charge on any atom is 0.322 e. The maximum absolute atomic E-state index is 10.1. The fourth-order valence-corrected chi connectivity index (χ4v) is 0.298. The first-order chi connectivity index (χ1) is 4.09. The second-order valence-electron chi connectivity index (χ2n) is 1.27. The van der Waals surface area contributed by atoms with Crippen LogP contribution in [0.25, 0.3) is 0 Å². The normalized spacial score (nSPS) is 9.22. The van der Waals surface area contributed by atoms with Crippen LogP contribution in [0.5, 0.6) is 0 Å². The number of urea groups is 1. The number of nitrogens with two attached hydrogens (primary N) is 1.